The number of hydrogen-bond acceptors (Lipinski definition) is 3. The summed E-state index contributed by atoms with van der Waals surface area (Å²) in [5, 5.41) is 11.9. The third kappa shape index (κ3) is 5.43. The molecule has 1 atom stereocenters. The largest absolute Gasteiger partial charge is 0.355 e. The van der Waals surface area contributed by atoms with Crippen LogP contribution in [0.5, 0.6) is 0 Å². The van der Waals surface area contributed by atoms with Crippen molar-refractivity contribution in [2.24, 2.45) is 5.41 Å². The first-order valence-corrected chi connectivity index (χ1v) is 8.87. The maximum absolute atomic E-state index is 12.6. The quantitative estimate of drug-likeness (QED) is 0.280. The smallest absolute Gasteiger partial charge is 0.259 e. The number of amides is 2. The Labute approximate surface area is 154 Å². The number of nitrogens with one attached hydrogen (secondary N) is 2. The number of carbonyl (C=O) groups is 2. The zero-order valence-electron chi connectivity index (χ0n) is 15.1. The van der Waals surface area contributed by atoms with Gasteiger partial charge in [0.15, 0.2) is 0 Å². The number of hydroxylamine groups is 1. The van der Waals surface area contributed by atoms with Crippen molar-refractivity contribution in [3.8, 4) is 0 Å². The average Bonchev–Trinajstić information content (AvgIpc) is 2.68. The molecule has 0 spiro atoms. The molecule has 0 bridgehead atoms. The highest BCUT2D eigenvalue weighted by atomic mass is 16.5. The van der Waals surface area contributed by atoms with Crippen LogP contribution in [0, 0.1) is 5.41 Å². The van der Waals surface area contributed by atoms with E-state index in [-0.39, 0.29) is 12.3 Å². The molecule has 26 heavy (non-hydrogen) atoms. The van der Waals surface area contributed by atoms with E-state index in [1.165, 1.54) is 5.56 Å². The Kier molecular flexibility index (Phi) is 7.36. The molecule has 0 aliphatic rings. The molecule has 5 heteroatoms. The second-order valence-electron chi connectivity index (χ2n) is 6.63. The van der Waals surface area contributed by atoms with Gasteiger partial charge in [0.05, 0.1) is 0 Å². The fraction of sp³-hybridized carbons (Fsp3) is 0.333. The van der Waals surface area contributed by atoms with Gasteiger partial charge in [0, 0.05) is 6.54 Å². The van der Waals surface area contributed by atoms with Gasteiger partial charge in [0.2, 0.25) is 5.91 Å². The molecule has 2 rings (SSSR count). The molecule has 0 fully saturated rings. The number of benzene rings is 2. The molecule has 2 aromatic carbocycles. The molecule has 3 N–H and O–H groups in total. The first-order chi connectivity index (χ1) is 12.6. The molecule has 0 radical (unpaired) electrons. The van der Waals surface area contributed by atoms with Crippen LogP contribution >= 0.6 is 0 Å². The summed E-state index contributed by atoms with van der Waals surface area (Å²) < 4.78 is 0. The summed E-state index contributed by atoms with van der Waals surface area (Å²) in [4.78, 5) is 24.8. The van der Waals surface area contributed by atoms with Crippen molar-refractivity contribution in [1.29, 1.82) is 0 Å². The number of carbonyl (C=O) groups excluding carboxylic acids is 2. The lowest BCUT2D eigenvalue weighted by molar-refractivity contribution is -0.148. The molecule has 5 nitrogen and oxygen atoms in total. The van der Waals surface area contributed by atoms with Gasteiger partial charge >= 0.3 is 0 Å². The van der Waals surface area contributed by atoms with Gasteiger partial charge in [-0.2, -0.15) is 0 Å². The normalized spacial score (nSPS) is 12.8. The van der Waals surface area contributed by atoms with Crippen molar-refractivity contribution in [2.75, 3.05) is 6.54 Å². The number of hydrogen-bond donors (Lipinski definition) is 3. The lowest BCUT2D eigenvalue weighted by Gasteiger charge is -2.26. The van der Waals surface area contributed by atoms with E-state index in [0.29, 0.717) is 6.54 Å². The van der Waals surface area contributed by atoms with Gasteiger partial charge in [0.25, 0.3) is 5.91 Å². The molecule has 0 saturated carbocycles. The first kappa shape index (κ1) is 19.7. The SMILES string of the molecule is CC(Cc1ccccc1)(C(=O)NO)C(=O)NCCCCc1ccccc1. The zero-order valence-corrected chi connectivity index (χ0v) is 15.1. The van der Waals surface area contributed by atoms with Crippen LogP contribution in [-0.2, 0) is 22.4 Å². The minimum Gasteiger partial charge on any atom is -0.355 e. The van der Waals surface area contributed by atoms with Crippen molar-refractivity contribution >= 4 is 11.8 Å². The molecule has 0 aliphatic carbocycles. The second-order valence-corrected chi connectivity index (χ2v) is 6.63. The third-order valence-corrected chi connectivity index (χ3v) is 4.52. The van der Waals surface area contributed by atoms with Gasteiger partial charge in [-0.15, -0.1) is 0 Å². The van der Waals surface area contributed by atoms with E-state index in [9.17, 15) is 9.59 Å². The van der Waals surface area contributed by atoms with Crippen LogP contribution in [-0.4, -0.2) is 23.6 Å². The topological polar surface area (TPSA) is 78.4 Å². The van der Waals surface area contributed by atoms with Crippen LogP contribution in [0.3, 0.4) is 0 Å². The third-order valence-electron chi connectivity index (χ3n) is 4.52. The Morgan fingerprint density at radius 2 is 1.46 bits per heavy atom. The van der Waals surface area contributed by atoms with E-state index in [1.807, 2.05) is 48.5 Å². The molecule has 0 heterocycles. The predicted molar refractivity (Wildman–Crippen MR) is 101 cm³/mol. The van der Waals surface area contributed by atoms with E-state index in [4.69, 9.17) is 5.21 Å². The van der Waals surface area contributed by atoms with Gasteiger partial charge in [-0.3, -0.25) is 14.8 Å². The number of unbranched alkanes of at least 4 members (excludes halogenated alkanes) is 1. The lowest BCUT2D eigenvalue weighted by Crippen LogP contribution is -2.50. The minimum absolute atomic E-state index is 0.218. The maximum atomic E-state index is 12.6. The van der Waals surface area contributed by atoms with Gasteiger partial charge in [0.1, 0.15) is 5.41 Å². The predicted octanol–water partition coefficient (Wildman–Crippen LogP) is 2.88. The average molecular weight is 354 g/mol. The van der Waals surface area contributed by atoms with E-state index in [1.54, 1.807) is 12.4 Å². The van der Waals surface area contributed by atoms with Crippen molar-refractivity contribution in [3.05, 3.63) is 71.8 Å². The van der Waals surface area contributed by atoms with E-state index >= 15 is 0 Å². The Bertz CT molecular complexity index is 704. The summed E-state index contributed by atoms with van der Waals surface area (Å²) >= 11 is 0. The summed E-state index contributed by atoms with van der Waals surface area (Å²) in [6, 6.07) is 19.5. The lowest BCUT2D eigenvalue weighted by atomic mass is 9.81. The summed E-state index contributed by atoms with van der Waals surface area (Å²) in [5.74, 6) is -1.09. The van der Waals surface area contributed by atoms with Crippen LogP contribution in [0.4, 0.5) is 0 Å². The molecule has 138 valence electrons. The zero-order chi connectivity index (χ0) is 18.8. The molecule has 0 aliphatic heterocycles. The molecular formula is C21H26N2O3. The van der Waals surface area contributed by atoms with Crippen molar-refractivity contribution in [2.45, 2.75) is 32.6 Å². The number of rotatable bonds is 9. The van der Waals surface area contributed by atoms with E-state index < -0.39 is 11.3 Å². The molecule has 1 unspecified atom stereocenters. The second kappa shape index (κ2) is 9.73. The Morgan fingerprint density at radius 3 is 2.04 bits per heavy atom. The van der Waals surface area contributed by atoms with Crippen molar-refractivity contribution in [1.82, 2.24) is 10.8 Å². The highest BCUT2D eigenvalue weighted by Gasteiger charge is 2.41. The standard InChI is InChI=1S/C21H26N2O3/c1-21(20(25)23-26,16-18-13-6-3-7-14-18)19(24)22-15-9-8-12-17-10-4-2-5-11-17/h2-7,10-11,13-14,26H,8-9,12,15-16H2,1H3,(H,22,24)(H,23,25). The van der Waals surface area contributed by atoms with Gasteiger partial charge in [-0.25, -0.2) is 5.48 Å². The van der Waals surface area contributed by atoms with E-state index in [2.05, 4.69) is 17.4 Å². The molecule has 2 amide bonds. The van der Waals surface area contributed by atoms with Crippen LogP contribution in [0.2, 0.25) is 0 Å². The summed E-state index contributed by atoms with van der Waals surface area (Å²) in [6.45, 7) is 2.04. The molecular weight excluding hydrogens is 328 g/mol. The highest BCUT2D eigenvalue weighted by molar-refractivity contribution is 6.04. The van der Waals surface area contributed by atoms with Crippen LogP contribution < -0.4 is 10.8 Å². The highest BCUT2D eigenvalue weighted by Crippen LogP contribution is 2.23. The Morgan fingerprint density at radius 1 is 0.885 bits per heavy atom. The summed E-state index contributed by atoms with van der Waals surface area (Å²) in [5.41, 5.74) is 2.39. The summed E-state index contributed by atoms with van der Waals surface area (Å²) in [6.07, 6.45) is 2.94. The Hall–Kier alpha value is -2.66. The van der Waals surface area contributed by atoms with Crippen LogP contribution in [0.1, 0.15) is 30.9 Å². The monoisotopic (exact) mass is 354 g/mol. The molecule has 2 aromatic rings. The van der Waals surface area contributed by atoms with Crippen molar-refractivity contribution in [3.63, 3.8) is 0 Å². The maximum Gasteiger partial charge on any atom is 0.259 e. The van der Waals surface area contributed by atoms with Gasteiger partial charge in [-0.1, -0.05) is 60.7 Å². The molecule has 0 aromatic heterocycles. The fourth-order valence-electron chi connectivity index (χ4n) is 2.89. The Balaban J connectivity index is 1.87. The van der Waals surface area contributed by atoms with Crippen molar-refractivity contribution < 1.29 is 14.8 Å². The molecule has 0 saturated heterocycles. The first-order valence-electron chi connectivity index (χ1n) is 8.87. The number of aryl methyl sites for hydroxylation is 1. The van der Waals surface area contributed by atoms with Crippen LogP contribution in [0.15, 0.2) is 60.7 Å². The fourth-order valence-corrected chi connectivity index (χ4v) is 2.89. The van der Waals surface area contributed by atoms with Crippen LogP contribution in [0.25, 0.3) is 0 Å². The van der Waals surface area contributed by atoms with Gasteiger partial charge < -0.3 is 5.32 Å². The van der Waals surface area contributed by atoms with E-state index in [0.717, 1.165) is 24.8 Å². The minimum atomic E-state index is -1.37. The van der Waals surface area contributed by atoms with Gasteiger partial charge in [-0.05, 0) is 43.7 Å². The summed E-state index contributed by atoms with van der Waals surface area (Å²) in [7, 11) is 0.